The van der Waals surface area contributed by atoms with Crippen LogP contribution in [-0.2, 0) is 0 Å². The molecular weight excluding hydrogens is 222 g/mol. The van der Waals surface area contributed by atoms with E-state index >= 15 is 0 Å². The van der Waals surface area contributed by atoms with Crippen LogP contribution in [0.3, 0.4) is 0 Å². The van der Waals surface area contributed by atoms with Crippen LogP contribution in [0.5, 0.6) is 0 Å². The molecule has 1 aromatic heterocycles. The van der Waals surface area contributed by atoms with Gasteiger partial charge in [-0.2, -0.15) is 5.10 Å². The standard InChI is InChI=1S/C15H21N3/c1-9(2)11-5-7-12(8-6-11)14-13(10(3)4)15(16)18-17-14/h5-10H,1-4H3,(H3,16,17,18). The van der Waals surface area contributed by atoms with Crippen molar-refractivity contribution >= 4 is 5.82 Å². The second-order valence-corrected chi connectivity index (χ2v) is 5.33. The van der Waals surface area contributed by atoms with Crippen molar-refractivity contribution in [2.75, 3.05) is 5.73 Å². The van der Waals surface area contributed by atoms with Gasteiger partial charge in [0, 0.05) is 5.56 Å². The normalized spacial score (nSPS) is 11.4. The van der Waals surface area contributed by atoms with E-state index in [-0.39, 0.29) is 0 Å². The molecule has 3 N–H and O–H groups in total. The second-order valence-electron chi connectivity index (χ2n) is 5.33. The quantitative estimate of drug-likeness (QED) is 0.858. The lowest BCUT2D eigenvalue weighted by Crippen LogP contribution is -1.95. The summed E-state index contributed by atoms with van der Waals surface area (Å²) < 4.78 is 0. The van der Waals surface area contributed by atoms with E-state index in [2.05, 4.69) is 62.2 Å². The van der Waals surface area contributed by atoms with E-state index in [9.17, 15) is 0 Å². The molecule has 0 saturated heterocycles. The molecule has 0 aliphatic rings. The predicted molar refractivity (Wildman–Crippen MR) is 76.6 cm³/mol. The van der Waals surface area contributed by atoms with Gasteiger partial charge in [-0.3, -0.25) is 5.10 Å². The molecule has 0 amide bonds. The number of rotatable bonds is 3. The summed E-state index contributed by atoms with van der Waals surface area (Å²) in [7, 11) is 0. The Labute approximate surface area is 108 Å². The first kappa shape index (κ1) is 12.7. The fourth-order valence-electron chi connectivity index (χ4n) is 2.20. The molecule has 2 rings (SSSR count). The van der Waals surface area contributed by atoms with Crippen molar-refractivity contribution in [2.45, 2.75) is 39.5 Å². The molecule has 0 unspecified atom stereocenters. The van der Waals surface area contributed by atoms with Gasteiger partial charge >= 0.3 is 0 Å². The largest absolute Gasteiger partial charge is 0.382 e. The lowest BCUT2D eigenvalue weighted by atomic mass is 9.96. The van der Waals surface area contributed by atoms with Gasteiger partial charge in [-0.15, -0.1) is 0 Å². The van der Waals surface area contributed by atoms with E-state index in [4.69, 9.17) is 5.73 Å². The lowest BCUT2D eigenvalue weighted by Gasteiger charge is -2.09. The van der Waals surface area contributed by atoms with Gasteiger partial charge in [0.1, 0.15) is 5.82 Å². The number of nitrogens with two attached hydrogens (primary N) is 1. The molecule has 0 saturated carbocycles. The molecule has 0 radical (unpaired) electrons. The highest BCUT2D eigenvalue weighted by molar-refractivity contribution is 5.69. The number of nitrogens with zero attached hydrogens (tertiary/aromatic N) is 1. The average molecular weight is 243 g/mol. The Balaban J connectivity index is 2.43. The van der Waals surface area contributed by atoms with E-state index < -0.39 is 0 Å². The summed E-state index contributed by atoms with van der Waals surface area (Å²) in [6, 6.07) is 8.60. The molecule has 1 heterocycles. The van der Waals surface area contributed by atoms with Crippen LogP contribution in [0.1, 0.15) is 50.7 Å². The monoisotopic (exact) mass is 243 g/mol. The zero-order valence-electron chi connectivity index (χ0n) is 11.5. The minimum atomic E-state index is 0.364. The van der Waals surface area contributed by atoms with Crippen molar-refractivity contribution < 1.29 is 0 Å². The summed E-state index contributed by atoms with van der Waals surface area (Å²) in [6.07, 6.45) is 0. The van der Waals surface area contributed by atoms with Crippen molar-refractivity contribution in [3.8, 4) is 11.3 Å². The molecule has 3 nitrogen and oxygen atoms in total. The molecule has 0 aliphatic carbocycles. The molecule has 18 heavy (non-hydrogen) atoms. The fraction of sp³-hybridized carbons (Fsp3) is 0.400. The van der Waals surface area contributed by atoms with Crippen LogP contribution < -0.4 is 5.73 Å². The SMILES string of the molecule is CC(C)c1ccc(-c2[nH]nc(N)c2C(C)C)cc1. The summed E-state index contributed by atoms with van der Waals surface area (Å²) in [4.78, 5) is 0. The Hall–Kier alpha value is -1.77. The van der Waals surface area contributed by atoms with Gasteiger partial charge in [-0.1, -0.05) is 52.0 Å². The van der Waals surface area contributed by atoms with Crippen LogP contribution in [0.15, 0.2) is 24.3 Å². The molecule has 0 bridgehead atoms. The summed E-state index contributed by atoms with van der Waals surface area (Å²) in [5, 5.41) is 7.17. The van der Waals surface area contributed by atoms with E-state index in [1.807, 2.05) is 0 Å². The predicted octanol–water partition coefficient (Wildman–Crippen LogP) is 3.91. The maximum absolute atomic E-state index is 5.92. The number of nitrogen functional groups attached to an aromatic ring is 1. The van der Waals surface area contributed by atoms with Crippen molar-refractivity contribution in [1.29, 1.82) is 0 Å². The first-order valence-corrected chi connectivity index (χ1v) is 6.44. The van der Waals surface area contributed by atoms with Gasteiger partial charge in [0.15, 0.2) is 0 Å². The van der Waals surface area contributed by atoms with Crippen molar-refractivity contribution in [1.82, 2.24) is 10.2 Å². The highest BCUT2D eigenvalue weighted by Gasteiger charge is 2.15. The molecular formula is C15H21N3. The van der Waals surface area contributed by atoms with E-state index in [1.165, 1.54) is 5.56 Å². The van der Waals surface area contributed by atoms with Crippen molar-refractivity contribution in [3.05, 3.63) is 35.4 Å². The number of nitrogens with one attached hydrogen (secondary N) is 1. The third-order valence-electron chi connectivity index (χ3n) is 3.28. The lowest BCUT2D eigenvalue weighted by molar-refractivity contribution is 0.865. The van der Waals surface area contributed by atoms with Gasteiger partial charge in [-0.25, -0.2) is 0 Å². The van der Waals surface area contributed by atoms with E-state index in [0.29, 0.717) is 17.7 Å². The Morgan fingerprint density at radius 1 is 1.00 bits per heavy atom. The van der Waals surface area contributed by atoms with Gasteiger partial charge in [-0.05, 0) is 23.0 Å². The first-order chi connectivity index (χ1) is 8.50. The summed E-state index contributed by atoms with van der Waals surface area (Å²) in [6.45, 7) is 8.66. The Morgan fingerprint density at radius 3 is 2.11 bits per heavy atom. The highest BCUT2D eigenvalue weighted by Crippen LogP contribution is 2.31. The van der Waals surface area contributed by atoms with Gasteiger partial charge in [0.25, 0.3) is 0 Å². The zero-order valence-corrected chi connectivity index (χ0v) is 11.5. The van der Waals surface area contributed by atoms with E-state index in [0.717, 1.165) is 16.8 Å². The zero-order chi connectivity index (χ0) is 13.3. The molecule has 96 valence electrons. The van der Waals surface area contributed by atoms with Crippen LogP contribution in [0.2, 0.25) is 0 Å². The minimum Gasteiger partial charge on any atom is -0.382 e. The third kappa shape index (κ3) is 2.26. The van der Waals surface area contributed by atoms with Gasteiger partial charge in [0.05, 0.1) is 5.69 Å². The summed E-state index contributed by atoms with van der Waals surface area (Å²) >= 11 is 0. The molecule has 3 heteroatoms. The Morgan fingerprint density at radius 2 is 1.61 bits per heavy atom. The average Bonchev–Trinajstić information content (AvgIpc) is 2.71. The van der Waals surface area contributed by atoms with Crippen molar-refractivity contribution in [3.63, 3.8) is 0 Å². The summed E-state index contributed by atoms with van der Waals surface area (Å²) in [5.41, 5.74) is 10.5. The van der Waals surface area contributed by atoms with Crippen LogP contribution in [0.25, 0.3) is 11.3 Å². The number of aromatic nitrogens is 2. The van der Waals surface area contributed by atoms with Crippen LogP contribution >= 0.6 is 0 Å². The molecule has 2 aromatic rings. The highest BCUT2D eigenvalue weighted by atomic mass is 15.2. The smallest absolute Gasteiger partial charge is 0.149 e. The number of hydrogen-bond acceptors (Lipinski definition) is 2. The fourth-order valence-corrected chi connectivity index (χ4v) is 2.20. The number of anilines is 1. The first-order valence-electron chi connectivity index (χ1n) is 6.44. The van der Waals surface area contributed by atoms with Crippen LogP contribution in [-0.4, -0.2) is 10.2 Å². The van der Waals surface area contributed by atoms with Crippen molar-refractivity contribution in [2.24, 2.45) is 0 Å². The van der Waals surface area contributed by atoms with Crippen LogP contribution in [0, 0.1) is 0 Å². The Kier molecular flexibility index (Phi) is 3.41. The molecule has 1 aromatic carbocycles. The second kappa shape index (κ2) is 4.84. The van der Waals surface area contributed by atoms with Gasteiger partial charge in [0.2, 0.25) is 0 Å². The maximum Gasteiger partial charge on any atom is 0.149 e. The molecule has 0 fully saturated rings. The number of hydrogen-bond donors (Lipinski definition) is 2. The number of benzene rings is 1. The molecule has 0 atom stereocenters. The maximum atomic E-state index is 5.92. The Bertz CT molecular complexity index is 521. The van der Waals surface area contributed by atoms with Gasteiger partial charge < -0.3 is 5.73 Å². The molecule has 0 spiro atoms. The summed E-state index contributed by atoms with van der Waals surface area (Å²) in [5.74, 6) is 1.52. The van der Waals surface area contributed by atoms with Crippen LogP contribution in [0.4, 0.5) is 5.82 Å². The third-order valence-corrected chi connectivity index (χ3v) is 3.28. The minimum absolute atomic E-state index is 0.364. The number of H-pyrrole nitrogens is 1. The molecule has 0 aliphatic heterocycles. The topological polar surface area (TPSA) is 54.7 Å². The van der Waals surface area contributed by atoms with E-state index in [1.54, 1.807) is 0 Å². The number of aromatic amines is 1.